The van der Waals surface area contributed by atoms with Crippen LogP contribution in [0.4, 0.5) is 11.7 Å². The highest BCUT2D eigenvalue weighted by atomic mass is 16.4. The zero-order chi connectivity index (χ0) is 12.4. The molecule has 1 aromatic heterocycles. The number of hydrogen-bond acceptors (Lipinski definition) is 5. The first-order valence-electron chi connectivity index (χ1n) is 6.18. The maximum Gasteiger partial charge on any atom is 0.318 e. The first-order chi connectivity index (χ1) is 8.83. The summed E-state index contributed by atoms with van der Waals surface area (Å²) in [6, 6.07) is 11.1. The summed E-state index contributed by atoms with van der Waals surface area (Å²) in [6.07, 6.45) is 0. The van der Waals surface area contributed by atoms with E-state index in [0.29, 0.717) is 11.9 Å². The zero-order valence-corrected chi connectivity index (χ0v) is 10.4. The Balaban J connectivity index is 1.65. The van der Waals surface area contributed by atoms with Crippen LogP contribution in [0.3, 0.4) is 0 Å². The second kappa shape index (κ2) is 4.68. The van der Waals surface area contributed by atoms with Crippen LogP contribution in [0.1, 0.15) is 5.89 Å². The normalized spacial score (nSPS) is 16.1. The lowest BCUT2D eigenvalue weighted by Crippen LogP contribution is -2.46. The van der Waals surface area contributed by atoms with Crippen molar-refractivity contribution in [3.63, 3.8) is 0 Å². The minimum atomic E-state index is 0.621. The van der Waals surface area contributed by atoms with Crippen molar-refractivity contribution in [1.29, 1.82) is 0 Å². The van der Waals surface area contributed by atoms with Gasteiger partial charge in [0, 0.05) is 38.8 Å². The van der Waals surface area contributed by atoms with Crippen molar-refractivity contribution in [1.82, 2.24) is 10.2 Å². The van der Waals surface area contributed by atoms with Crippen molar-refractivity contribution in [3.8, 4) is 0 Å². The summed E-state index contributed by atoms with van der Waals surface area (Å²) in [4.78, 5) is 4.51. The predicted molar refractivity (Wildman–Crippen MR) is 69.9 cm³/mol. The van der Waals surface area contributed by atoms with E-state index in [-0.39, 0.29) is 0 Å². The van der Waals surface area contributed by atoms with E-state index in [0.717, 1.165) is 26.2 Å². The number of piperazine rings is 1. The first-order valence-corrected chi connectivity index (χ1v) is 6.18. The van der Waals surface area contributed by atoms with E-state index < -0.39 is 0 Å². The highest BCUT2D eigenvalue weighted by Gasteiger charge is 2.20. The van der Waals surface area contributed by atoms with Gasteiger partial charge in [-0.3, -0.25) is 0 Å². The third-order valence-corrected chi connectivity index (χ3v) is 3.19. The van der Waals surface area contributed by atoms with Crippen molar-refractivity contribution in [2.45, 2.75) is 6.92 Å². The SMILES string of the molecule is Cc1nnc(N2CCN(c3ccccc3)CC2)o1. The minimum absolute atomic E-state index is 0.621. The molecular formula is C13H16N4O. The molecule has 18 heavy (non-hydrogen) atoms. The van der Waals surface area contributed by atoms with Gasteiger partial charge in [0.15, 0.2) is 0 Å². The average molecular weight is 244 g/mol. The molecule has 3 rings (SSSR count). The van der Waals surface area contributed by atoms with E-state index in [2.05, 4.69) is 44.3 Å². The second-order valence-corrected chi connectivity index (χ2v) is 4.41. The molecule has 0 spiro atoms. The van der Waals surface area contributed by atoms with Crippen LogP contribution in [0.25, 0.3) is 0 Å². The molecular weight excluding hydrogens is 228 g/mol. The Morgan fingerprint density at radius 1 is 0.944 bits per heavy atom. The van der Waals surface area contributed by atoms with Gasteiger partial charge in [-0.05, 0) is 12.1 Å². The van der Waals surface area contributed by atoms with E-state index in [4.69, 9.17) is 4.42 Å². The van der Waals surface area contributed by atoms with Crippen LogP contribution in [0.5, 0.6) is 0 Å². The van der Waals surface area contributed by atoms with Crippen molar-refractivity contribution < 1.29 is 4.42 Å². The standard InChI is InChI=1S/C13H16N4O/c1-11-14-15-13(18-11)17-9-7-16(8-10-17)12-5-3-2-4-6-12/h2-6H,7-10H2,1H3. The van der Waals surface area contributed by atoms with E-state index >= 15 is 0 Å². The number of anilines is 2. The quantitative estimate of drug-likeness (QED) is 0.804. The van der Waals surface area contributed by atoms with Gasteiger partial charge in [0.1, 0.15) is 0 Å². The van der Waals surface area contributed by atoms with Crippen molar-refractivity contribution >= 4 is 11.7 Å². The molecule has 1 fully saturated rings. The van der Waals surface area contributed by atoms with Crippen molar-refractivity contribution in [2.75, 3.05) is 36.0 Å². The molecule has 5 heteroatoms. The van der Waals surface area contributed by atoms with Gasteiger partial charge in [0.05, 0.1) is 0 Å². The summed E-state index contributed by atoms with van der Waals surface area (Å²) in [5, 5.41) is 7.93. The van der Waals surface area contributed by atoms with Gasteiger partial charge >= 0.3 is 6.01 Å². The highest BCUT2D eigenvalue weighted by Crippen LogP contribution is 2.18. The third-order valence-electron chi connectivity index (χ3n) is 3.19. The van der Waals surface area contributed by atoms with Gasteiger partial charge in [-0.2, -0.15) is 0 Å². The molecule has 0 bridgehead atoms. The number of rotatable bonds is 2. The molecule has 1 saturated heterocycles. The molecule has 0 saturated carbocycles. The summed E-state index contributed by atoms with van der Waals surface area (Å²) in [7, 11) is 0. The number of benzene rings is 1. The minimum Gasteiger partial charge on any atom is -0.408 e. The monoisotopic (exact) mass is 244 g/mol. The number of aromatic nitrogens is 2. The highest BCUT2D eigenvalue weighted by molar-refractivity contribution is 5.47. The molecule has 0 N–H and O–H groups in total. The summed E-state index contributed by atoms with van der Waals surface area (Å²) < 4.78 is 5.45. The molecule has 1 aliphatic heterocycles. The van der Waals surface area contributed by atoms with Crippen LogP contribution in [-0.2, 0) is 0 Å². The number of hydrogen-bond donors (Lipinski definition) is 0. The summed E-state index contributed by atoms with van der Waals surface area (Å²) >= 11 is 0. The average Bonchev–Trinajstić information content (AvgIpc) is 2.87. The van der Waals surface area contributed by atoms with Gasteiger partial charge in [-0.15, -0.1) is 5.10 Å². The third kappa shape index (κ3) is 2.16. The fourth-order valence-electron chi connectivity index (χ4n) is 2.21. The fourth-order valence-corrected chi connectivity index (χ4v) is 2.21. The van der Waals surface area contributed by atoms with Gasteiger partial charge < -0.3 is 14.2 Å². The van der Waals surface area contributed by atoms with E-state index in [1.54, 1.807) is 0 Å². The number of aryl methyl sites for hydroxylation is 1. The Bertz CT molecular complexity index is 503. The maximum absolute atomic E-state index is 5.45. The first kappa shape index (κ1) is 11.1. The summed E-state index contributed by atoms with van der Waals surface area (Å²) in [6.45, 7) is 5.60. The largest absolute Gasteiger partial charge is 0.408 e. The molecule has 1 aromatic carbocycles. The molecule has 1 aliphatic rings. The van der Waals surface area contributed by atoms with E-state index in [1.165, 1.54) is 5.69 Å². The lowest BCUT2D eigenvalue weighted by molar-refractivity contribution is 0.492. The Morgan fingerprint density at radius 2 is 1.61 bits per heavy atom. The summed E-state index contributed by atoms with van der Waals surface area (Å²) in [5.41, 5.74) is 1.28. The van der Waals surface area contributed by atoms with Crippen molar-refractivity contribution in [3.05, 3.63) is 36.2 Å². The predicted octanol–water partition coefficient (Wildman–Crippen LogP) is 1.70. The fraction of sp³-hybridized carbons (Fsp3) is 0.385. The molecule has 0 radical (unpaired) electrons. The van der Waals surface area contributed by atoms with E-state index in [9.17, 15) is 0 Å². The molecule has 94 valence electrons. The Morgan fingerprint density at radius 3 is 2.22 bits per heavy atom. The number of nitrogens with zero attached hydrogens (tertiary/aromatic N) is 4. The number of para-hydroxylation sites is 1. The van der Waals surface area contributed by atoms with Gasteiger partial charge in [0.25, 0.3) is 0 Å². The smallest absolute Gasteiger partial charge is 0.318 e. The van der Waals surface area contributed by atoms with Gasteiger partial charge in [0.2, 0.25) is 5.89 Å². The second-order valence-electron chi connectivity index (χ2n) is 4.41. The lowest BCUT2D eigenvalue weighted by atomic mass is 10.2. The van der Waals surface area contributed by atoms with Crippen LogP contribution < -0.4 is 9.80 Å². The molecule has 0 atom stereocenters. The molecule has 5 nitrogen and oxygen atoms in total. The molecule has 2 aromatic rings. The lowest BCUT2D eigenvalue weighted by Gasteiger charge is -2.35. The van der Waals surface area contributed by atoms with Crippen LogP contribution in [0, 0.1) is 6.92 Å². The Labute approximate surface area is 106 Å². The van der Waals surface area contributed by atoms with E-state index in [1.807, 2.05) is 13.0 Å². The van der Waals surface area contributed by atoms with Crippen molar-refractivity contribution in [2.24, 2.45) is 0 Å². The Hall–Kier alpha value is -2.04. The Kier molecular flexibility index (Phi) is 2.88. The van der Waals surface area contributed by atoms with Crippen LogP contribution in [0.2, 0.25) is 0 Å². The maximum atomic E-state index is 5.45. The molecule has 0 aliphatic carbocycles. The molecule has 0 amide bonds. The van der Waals surface area contributed by atoms with Crippen LogP contribution in [0.15, 0.2) is 34.7 Å². The molecule has 2 heterocycles. The van der Waals surface area contributed by atoms with Crippen LogP contribution in [-0.4, -0.2) is 36.4 Å². The van der Waals surface area contributed by atoms with Crippen LogP contribution >= 0.6 is 0 Å². The molecule has 0 unspecified atom stereocenters. The van der Waals surface area contributed by atoms with Gasteiger partial charge in [-0.1, -0.05) is 23.3 Å². The van der Waals surface area contributed by atoms with Gasteiger partial charge in [-0.25, -0.2) is 0 Å². The summed E-state index contributed by atoms with van der Waals surface area (Å²) in [5.74, 6) is 0.621. The topological polar surface area (TPSA) is 45.4 Å². The zero-order valence-electron chi connectivity index (χ0n) is 10.4.